The van der Waals surface area contributed by atoms with E-state index in [1.807, 2.05) is 0 Å². The van der Waals surface area contributed by atoms with E-state index >= 15 is 0 Å². The molecule has 0 aromatic rings. The topological polar surface area (TPSA) is 38.5 Å². The second kappa shape index (κ2) is 5.99. The Bertz CT molecular complexity index is 200. The highest BCUT2D eigenvalue weighted by atomic mass is 16.5. The molecule has 1 rings (SSSR count). The molecule has 2 N–H and O–H groups in total. The summed E-state index contributed by atoms with van der Waals surface area (Å²) in [6.45, 7) is 12.8. The molecule has 0 aliphatic carbocycles. The molecule has 0 spiro atoms. The van der Waals surface area contributed by atoms with Crippen molar-refractivity contribution in [1.82, 2.24) is 4.90 Å². The molecule has 1 aliphatic heterocycles. The van der Waals surface area contributed by atoms with Crippen molar-refractivity contribution in [2.75, 3.05) is 26.2 Å². The number of ether oxygens (including phenoxy) is 1. The van der Waals surface area contributed by atoms with Gasteiger partial charge in [0, 0.05) is 19.6 Å². The third-order valence-corrected chi connectivity index (χ3v) is 3.45. The molecule has 0 bridgehead atoms. The van der Waals surface area contributed by atoms with Gasteiger partial charge in [0.2, 0.25) is 0 Å². The maximum atomic E-state index is 5.92. The summed E-state index contributed by atoms with van der Waals surface area (Å²) in [4.78, 5) is 2.52. The van der Waals surface area contributed by atoms with Crippen LogP contribution in [-0.4, -0.2) is 43.3 Å². The van der Waals surface area contributed by atoms with Crippen molar-refractivity contribution in [2.45, 2.75) is 52.7 Å². The third kappa shape index (κ3) is 4.04. The first-order chi connectivity index (χ1) is 7.49. The summed E-state index contributed by atoms with van der Waals surface area (Å²) in [5.74, 6) is 0. The smallest absolute Gasteiger partial charge is 0.0678 e. The lowest BCUT2D eigenvalue weighted by Crippen LogP contribution is -2.50. The van der Waals surface area contributed by atoms with Gasteiger partial charge in [-0.1, -0.05) is 20.3 Å². The summed E-state index contributed by atoms with van der Waals surface area (Å²) in [7, 11) is 0. The monoisotopic (exact) mass is 228 g/mol. The highest BCUT2D eigenvalue weighted by Gasteiger charge is 2.29. The predicted molar refractivity (Wildman–Crippen MR) is 68.5 cm³/mol. The maximum Gasteiger partial charge on any atom is 0.0678 e. The van der Waals surface area contributed by atoms with E-state index in [0.717, 1.165) is 26.2 Å². The molecule has 1 saturated heterocycles. The fourth-order valence-corrected chi connectivity index (χ4v) is 2.80. The van der Waals surface area contributed by atoms with Crippen molar-refractivity contribution in [3.63, 3.8) is 0 Å². The Morgan fingerprint density at radius 3 is 2.31 bits per heavy atom. The number of hydrogen-bond donors (Lipinski definition) is 1. The molecule has 1 aliphatic rings. The Hall–Kier alpha value is -0.120. The summed E-state index contributed by atoms with van der Waals surface area (Å²) in [6.07, 6.45) is 3.13. The lowest BCUT2D eigenvalue weighted by Gasteiger charge is -2.40. The average molecular weight is 228 g/mol. The zero-order valence-corrected chi connectivity index (χ0v) is 11.3. The van der Waals surface area contributed by atoms with Crippen LogP contribution in [0.4, 0.5) is 0 Å². The summed E-state index contributed by atoms with van der Waals surface area (Å²) in [5.41, 5.74) is 6.19. The van der Waals surface area contributed by atoms with Crippen LogP contribution < -0.4 is 5.73 Å². The summed E-state index contributed by atoms with van der Waals surface area (Å²) in [6, 6.07) is 0. The fourth-order valence-electron chi connectivity index (χ4n) is 2.80. The van der Waals surface area contributed by atoms with Crippen LogP contribution in [0.3, 0.4) is 0 Å². The second-order valence-corrected chi connectivity index (χ2v) is 5.72. The van der Waals surface area contributed by atoms with E-state index in [0.29, 0.717) is 12.2 Å². The maximum absolute atomic E-state index is 5.92. The van der Waals surface area contributed by atoms with Gasteiger partial charge < -0.3 is 10.5 Å². The van der Waals surface area contributed by atoms with Crippen LogP contribution in [-0.2, 0) is 4.74 Å². The average Bonchev–Trinajstić information content (AvgIpc) is 2.16. The number of nitrogens with two attached hydrogens (primary N) is 1. The molecular weight excluding hydrogens is 200 g/mol. The quantitative estimate of drug-likeness (QED) is 0.780. The highest BCUT2D eigenvalue weighted by molar-refractivity contribution is 4.82. The first-order valence-corrected chi connectivity index (χ1v) is 6.57. The van der Waals surface area contributed by atoms with E-state index < -0.39 is 0 Å². The number of rotatable bonds is 5. The van der Waals surface area contributed by atoms with Crippen LogP contribution in [0.25, 0.3) is 0 Å². The predicted octanol–water partition coefficient (Wildman–Crippen LogP) is 1.86. The Labute approximate surface area is 100 Å². The Morgan fingerprint density at radius 2 is 1.88 bits per heavy atom. The van der Waals surface area contributed by atoms with Crippen molar-refractivity contribution in [3.05, 3.63) is 0 Å². The van der Waals surface area contributed by atoms with E-state index in [1.54, 1.807) is 0 Å². The Balaban J connectivity index is 2.50. The zero-order valence-electron chi connectivity index (χ0n) is 11.3. The molecule has 3 heteroatoms. The summed E-state index contributed by atoms with van der Waals surface area (Å²) < 4.78 is 5.75. The standard InChI is InChI=1S/C13H28N2O/c1-5-6-13(4,9-14)10-15-7-11(2)16-12(3)8-15/h11-12H,5-10,14H2,1-4H3. The van der Waals surface area contributed by atoms with E-state index in [-0.39, 0.29) is 5.41 Å². The number of hydrogen-bond acceptors (Lipinski definition) is 3. The lowest BCUT2D eigenvalue weighted by molar-refractivity contribution is -0.0767. The molecule has 0 radical (unpaired) electrons. The van der Waals surface area contributed by atoms with Crippen LogP contribution in [0.2, 0.25) is 0 Å². The molecule has 0 saturated carbocycles. The van der Waals surface area contributed by atoms with Gasteiger partial charge in [0.25, 0.3) is 0 Å². The van der Waals surface area contributed by atoms with E-state index in [1.165, 1.54) is 12.8 Å². The molecule has 1 fully saturated rings. The molecule has 0 aromatic heterocycles. The Kier molecular flexibility index (Phi) is 5.22. The van der Waals surface area contributed by atoms with Gasteiger partial charge in [-0.05, 0) is 32.2 Å². The van der Waals surface area contributed by atoms with Crippen LogP contribution in [0.1, 0.15) is 40.5 Å². The minimum absolute atomic E-state index is 0.269. The first-order valence-electron chi connectivity index (χ1n) is 6.57. The first kappa shape index (κ1) is 13.9. The SMILES string of the molecule is CCCC(C)(CN)CN1CC(C)OC(C)C1. The van der Waals surface area contributed by atoms with Gasteiger partial charge in [-0.15, -0.1) is 0 Å². The fraction of sp³-hybridized carbons (Fsp3) is 1.00. The van der Waals surface area contributed by atoms with Gasteiger partial charge in [0.15, 0.2) is 0 Å². The molecule has 96 valence electrons. The molecule has 0 amide bonds. The zero-order chi connectivity index (χ0) is 12.2. The molecule has 0 aromatic carbocycles. The van der Waals surface area contributed by atoms with Crippen molar-refractivity contribution in [3.8, 4) is 0 Å². The normalized spacial score (nSPS) is 31.3. The van der Waals surface area contributed by atoms with E-state index in [2.05, 4.69) is 32.6 Å². The Morgan fingerprint density at radius 1 is 1.31 bits per heavy atom. The highest BCUT2D eigenvalue weighted by Crippen LogP contribution is 2.25. The van der Waals surface area contributed by atoms with E-state index in [4.69, 9.17) is 10.5 Å². The van der Waals surface area contributed by atoms with Gasteiger partial charge >= 0.3 is 0 Å². The van der Waals surface area contributed by atoms with E-state index in [9.17, 15) is 0 Å². The van der Waals surface area contributed by atoms with Crippen LogP contribution in [0.15, 0.2) is 0 Å². The van der Waals surface area contributed by atoms with Gasteiger partial charge in [0.05, 0.1) is 12.2 Å². The van der Waals surface area contributed by atoms with Crippen molar-refractivity contribution in [2.24, 2.45) is 11.1 Å². The van der Waals surface area contributed by atoms with Gasteiger partial charge in [-0.25, -0.2) is 0 Å². The number of morpholine rings is 1. The molecule has 3 nitrogen and oxygen atoms in total. The minimum atomic E-state index is 0.269. The number of nitrogens with zero attached hydrogens (tertiary/aromatic N) is 1. The molecular formula is C13H28N2O. The molecule has 3 unspecified atom stereocenters. The van der Waals surface area contributed by atoms with Crippen molar-refractivity contribution >= 4 is 0 Å². The molecule has 1 heterocycles. The molecule has 3 atom stereocenters. The second-order valence-electron chi connectivity index (χ2n) is 5.72. The van der Waals surface area contributed by atoms with Gasteiger partial charge in [-0.3, -0.25) is 4.90 Å². The minimum Gasteiger partial charge on any atom is -0.373 e. The summed E-state index contributed by atoms with van der Waals surface area (Å²) >= 11 is 0. The largest absolute Gasteiger partial charge is 0.373 e. The van der Waals surface area contributed by atoms with Crippen LogP contribution in [0, 0.1) is 5.41 Å². The van der Waals surface area contributed by atoms with Gasteiger partial charge in [0.1, 0.15) is 0 Å². The van der Waals surface area contributed by atoms with Crippen molar-refractivity contribution in [1.29, 1.82) is 0 Å². The molecule has 16 heavy (non-hydrogen) atoms. The summed E-state index contributed by atoms with van der Waals surface area (Å²) in [5, 5.41) is 0. The third-order valence-electron chi connectivity index (χ3n) is 3.45. The van der Waals surface area contributed by atoms with Crippen LogP contribution in [0.5, 0.6) is 0 Å². The van der Waals surface area contributed by atoms with Crippen molar-refractivity contribution < 1.29 is 4.74 Å². The van der Waals surface area contributed by atoms with Gasteiger partial charge in [-0.2, -0.15) is 0 Å². The lowest BCUT2D eigenvalue weighted by atomic mass is 9.85. The van der Waals surface area contributed by atoms with Crippen LogP contribution >= 0.6 is 0 Å².